The lowest BCUT2D eigenvalue weighted by atomic mass is 9.97. The number of hydrogen-bond donors (Lipinski definition) is 2. The van der Waals surface area contributed by atoms with Crippen molar-refractivity contribution in [2.75, 3.05) is 5.32 Å². The highest BCUT2D eigenvalue weighted by atomic mass is 32.1. The lowest BCUT2D eigenvalue weighted by molar-refractivity contribution is 0.106. The summed E-state index contributed by atoms with van der Waals surface area (Å²) in [4.78, 5) is 2.62. The number of benzene rings is 1. The molecule has 0 saturated carbocycles. The first-order valence-corrected chi connectivity index (χ1v) is 9.09. The molecule has 0 amide bonds. The molecule has 4 nitrogen and oxygen atoms in total. The van der Waals surface area contributed by atoms with Crippen LogP contribution in [0.4, 0.5) is 5.69 Å². The molecule has 2 aromatic rings. The van der Waals surface area contributed by atoms with Gasteiger partial charge in [0.2, 0.25) is 0 Å². The van der Waals surface area contributed by atoms with E-state index in [-0.39, 0.29) is 0 Å². The highest BCUT2D eigenvalue weighted by Crippen LogP contribution is 2.36. The van der Waals surface area contributed by atoms with Gasteiger partial charge in [0.1, 0.15) is 5.76 Å². The van der Waals surface area contributed by atoms with Crippen molar-refractivity contribution in [3.05, 3.63) is 54.5 Å². The van der Waals surface area contributed by atoms with Crippen LogP contribution in [0.5, 0.6) is 0 Å². The zero-order valence-electron chi connectivity index (χ0n) is 13.7. The summed E-state index contributed by atoms with van der Waals surface area (Å²) >= 11 is 5.49. The molecule has 1 aromatic heterocycles. The second kappa shape index (κ2) is 6.95. The molecule has 3 atom stereocenters. The smallest absolute Gasteiger partial charge is 0.170 e. The quantitative estimate of drug-likeness (QED) is 0.829. The van der Waals surface area contributed by atoms with Gasteiger partial charge in [-0.05, 0) is 62.2 Å². The van der Waals surface area contributed by atoms with Crippen LogP contribution in [0.3, 0.4) is 0 Å². The van der Waals surface area contributed by atoms with E-state index in [1.165, 1.54) is 12.8 Å². The van der Waals surface area contributed by atoms with Crippen molar-refractivity contribution < 1.29 is 4.42 Å². The van der Waals surface area contributed by atoms with Gasteiger partial charge >= 0.3 is 0 Å². The van der Waals surface area contributed by atoms with Gasteiger partial charge < -0.3 is 15.1 Å². The molecule has 3 heterocycles. The van der Waals surface area contributed by atoms with Crippen LogP contribution in [-0.4, -0.2) is 28.1 Å². The van der Waals surface area contributed by atoms with Crippen LogP contribution in [0.25, 0.3) is 0 Å². The fourth-order valence-corrected chi connectivity index (χ4v) is 4.39. The van der Waals surface area contributed by atoms with Crippen molar-refractivity contribution in [2.24, 2.45) is 0 Å². The standard InChI is InChI=1S/C19H23N3OS/c24-19(20-14-5-2-1-3-6-14)21-15-11-16-8-9-17(12-15)22(16)13-18-7-4-10-23-18/h1-7,10,15-17H,8-9,11-13H2,(H2,20,21,24)/t15?,16-,17+. The highest BCUT2D eigenvalue weighted by Gasteiger charge is 2.41. The average molecular weight is 341 g/mol. The molecule has 2 N–H and O–H groups in total. The number of fused-ring (bicyclic) bond motifs is 2. The van der Waals surface area contributed by atoms with Gasteiger partial charge in [-0.25, -0.2) is 0 Å². The zero-order valence-corrected chi connectivity index (χ0v) is 14.5. The Kier molecular flexibility index (Phi) is 4.54. The van der Waals surface area contributed by atoms with Gasteiger partial charge in [-0.15, -0.1) is 0 Å². The van der Waals surface area contributed by atoms with Gasteiger partial charge in [-0.3, -0.25) is 4.90 Å². The minimum Gasteiger partial charge on any atom is -0.468 e. The number of piperidine rings is 1. The molecule has 0 aliphatic carbocycles. The molecule has 0 spiro atoms. The van der Waals surface area contributed by atoms with Crippen LogP contribution in [-0.2, 0) is 6.54 Å². The Balaban J connectivity index is 1.32. The number of para-hydroxylation sites is 1. The highest BCUT2D eigenvalue weighted by molar-refractivity contribution is 7.80. The van der Waals surface area contributed by atoms with Crippen molar-refractivity contribution in [1.82, 2.24) is 10.2 Å². The lowest BCUT2D eigenvalue weighted by Crippen LogP contribution is -2.50. The van der Waals surface area contributed by atoms with E-state index in [1.54, 1.807) is 6.26 Å². The first-order chi connectivity index (χ1) is 11.8. The fraction of sp³-hybridized carbons (Fsp3) is 0.421. The molecule has 0 radical (unpaired) electrons. The van der Waals surface area contributed by atoms with Crippen LogP contribution in [0, 0.1) is 0 Å². The van der Waals surface area contributed by atoms with Crippen molar-refractivity contribution in [3.8, 4) is 0 Å². The Morgan fingerprint density at radius 2 is 1.83 bits per heavy atom. The van der Waals surface area contributed by atoms with Crippen LogP contribution in [0.15, 0.2) is 53.1 Å². The van der Waals surface area contributed by atoms with E-state index in [2.05, 4.69) is 21.6 Å². The van der Waals surface area contributed by atoms with Crippen molar-refractivity contribution in [3.63, 3.8) is 0 Å². The monoisotopic (exact) mass is 341 g/mol. The maximum Gasteiger partial charge on any atom is 0.170 e. The van der Waals surface area contributed by atoms with E-state index in [1.807, 2.05) is 36.4 Å². The maximum atomic E-state index is 5.53. The number of thiocarbonyl (C=S) groups is 1. The first-order valence-electron chi connectivity index (χ1n) is 8.68. The molecule has 2 fully saturated rings. The molecular formula is C19H23N3OS. The van der Waals surface area contributed by atoms with Gasteiger partial charge in [0.05, 0.1) is 12.8 Å². The zero-order chi connectivity index (χ0) is 16.4. The Morgan fingerprint density at radius 1 is 1.08 bits per heavy atom. The maximum absolute atomic E-state index is 5.53. The third kappa shape index (κ3) is 3.47. The molecule has 126 valence electrons. The lowest BCUT2D eigenvalue weighted by Gasteiger charge is -2.39. The van der Waals surface area contributed by atoms with Crippen molar-refractivity contribution in [1.29, 1.82) is 0 Å². The second-order valence-electron chi connectivity index (χ2n) is 6.77. The van der Waals surface area contributed by atoms with Crippen LogP contribution >= 0.6 is 12.2 Å². The van der Waals surface area contributed by atoms with E-state index in [0.717, 1.165) is 35.9 Å². The summed E-state index contributed by atoms with van der Waals surface area (Å²) in [6.07, 6.45) is 6.62. The van der Waals surface area contributed by atoms with E-state index < -0.39 is 0 Å². The van der Waals surface area contributed by atoms with Crippen LogP contribution in [0.1, 0.15) is 31.4 Å². The van der Waals surface area contributed by atoms with Gasteiger partial charge in [0.15, 0.2) is 5.11 Å². The molecule has 24 heavy (non-hydrogen) atoms. The number of hydrogen-bond acceptors (Lipinski definition) is 3. The summed E-state index contributed by atoms with van der Waals surface area (Å²) in [6.45, 7) is 0.932. The summed E-state index contributed by atoms with van der Waals surface area (Å²) < 4.78 is 5.53. The molecule has 1 aromatic carbocycles. The fourth-order valence-electron chi connectivity index (χ4n) is 4.11. The molecule has 2 aliphatic heterocycles. The van der Waals surface area contributed by atoms with Gasteiger partial charge in [0, 0.05) is 23.8 Å². The SMILES string of the molecule is S=C(Nc1ccccc1)NC1C[C@H]2CC[C@@H](C1)N2Cc1ccco1. The third-order valence-corrected chi connectivity index (χ3v) is 5.39. The Hall–Kier alpha value is -1.85. The summed E-state index contributed by atoms with van der Waals surface area (Å²) in [6, 6.07) is 15.9. The summed E-state index contributed by atoms with van der Waals surface area (Å²) in [5.74, 6) is 1.07. The number of anilines is 1. The van der Waals surface area contributed by atoms with Gasteiger partial charge in [0.25, 0.3) is 0 Å². The topological polar surface area (TPSA) is 40.4 Å². The molecule has 2 aliphatic rings. The molecule has 2 bridgehead atoms. The Labute approximate surface area is 148 Å². The van der Waals surface area contributed by atoms with Crippen molar-refractivity contribution >= 4 is 23.0 Å². The van der Waals surface area contributed by atoms with E-state index in [4.69, 9.17) is 16.6 Å². The molecule has 2 saturated heterocycles. The average Bonchev–Trinajstić information content (AvgIpc) is 3.16. The van der Waals surface area contributed by atoms with Gasteiger partial charge in [-0.2, -0.15) is 0 Å². The second-order valence-corrected chi connectivity index (χ2v) is 7.18. The largest absolute Gasteiger partial charge is 0.468 e. The summed E-state index contributed by atoms with van der Waals surface area (Å²) in [5.41, 5.74) is 1.04. The van der Waals surface area contributed by atoms with Crippen LogP contribution in [0.2, 0.25) is 0 Å². The predicted octanol–water partition coefficient (Wildman–Crippen LogP) is 3.76. The first kappa shape index (κ1) is 15.7. The van der Waals surface area contributed by atoms with Crippen molar-refractivity contribution in [2.45, 2.75) is 50.4 Å². The third-order valence-electron chi connectivity index (χ3n) is 5.17. The Bertz CT molecular complexity index is 659. The predicted molar refractivity (Wildman–Crippen MR) is 99.9 cm³/mol. The van der Waals surface area contributed by atoms with E-state index in [0.29, 0.717) is 18.1 Å². The number of furan rings is 1. The molecule has 5 heteroatoms. The van der Waals surface area contributed by atoms with Crippen LogP contribution < -0.4 is 10.6 Å². The number of nitrogens with one attached hydrogen (secondary N) is 2. The molecule has 1 unspecified atom stereocenters. The summed E-state index contributed by atoms with van der Waals surface area (Å²) in [5, 5.41) is 7.52. The van der Waals surface area contributed by atoms with E-state index in [9.17, 15) is 0 Å². The number of rotatable bonds is 4. The number of nitrogens with zero attached hydrogens (tertiary/aromatic N) is 1. The minimum absolute atomic E-state index is 0.457. The summed E-state index contributed by atoms with van der Waals surface area (Å²) in [7, 11) is 0. The molecular weight excluding hydrogens is 318 g/mol. The normalized spacial score (nSPS) is 26.2. The van der Waals surface area contributed by atoms with E-state index >= 15 is 0 Å². The Morgan fingerprint density at radius 3 is 2.50 bits per heavy atom. The minimum atomic E-state index is 0.457. The van der Waals surface area contributed by atoms with Gasteiger partial charge in [-0.1, -0.05) is 18.2 Å². The molecule has 4 rings (SSSR count).